The summed E-state index contributed by atoms with van der Waals surface area (Å²) < 4.78 is 43.9. The maximum Gasteiger partial charge on any atom is 0.344 e. The van der Waals surface area contributed by atoms with E-state index in [9.17, 15) is 18.7 Å². The smallest absolute Gasteiger partial charge is 0.344 e. The van der Waals surface area contributed by atoms with Crippen LogP contribution in [0.25, 0.3) is 0 Å². The van der Waals surface area contributed by atoms with Crippen LogP contribution >= 0.6 is 15.2 Å². The van der Waals surface area contributed by atoms with E-state index in [4.69, 9.17) is 28.3 Å². The van der Waals surface area contributed by atoms with Crippen LogP contribution in [0.3, 0.4) is 0 Å². The Morgan fingerprint density at radius 2 is 0.900 bits per heavy atom. The third-order valence-corrected chi connectivity index (χ3v) is 7.21. The number of carboxylic acids is 2. The van der Waals surface area contributed by atoms with Crippen molar-refractivity contribution in [2.75, 3.05) is 66.2 Å². The molecule has 2 N–H and O–H groups in total. The Kier molecular flexibility index (Phi) is 17.6. The second-order valence-corrected chi connectivity index (χ2v) is 10.0. The van der Waals surface area contributed by atoms with Crippen molar-refractivity contribution >= 4 is 27.1 Å². The molecule has 0 rings (SSSR count). The first-order valence-electron chi connectivity index (χ1n) is 9.43. The topological polar surface area (TPSA) is 152 Å². The van der Waals surface area contributed by atoms with Crippen LogP contribution in [0.15, 0.2) is 0 Å². The van der Waals surface area contributed by atoms with Crippen LogP contribution in [-0.2, 0) is 36.8 Å². The summed E-state index contributed by atoms with van der Waals surface area (Å²) in [4.78, 5) is 23.6. The van der Waals surface area contributed by atoms with Gasteiger partial charge in [-0.3, -0.25) is 28.5 Å². The summed E-state index contributed by atoms with van der Waals surface area (Å²) in [5.41, 5.74) is 0. The fourth-order valence-electron chi connectivity index (χ4n) is 2.18. The average Bonchev–Trinajstić information content (AvgIpc) is 2.53. The number of rotatable bonds is 16. The number of aliphatic carboxylic acids is 2. The lowest BCUT2D eigenvalue weighted by Gasteiger charge is -2.22. The van der Waals surface area contributed by atoms with E-state index in [1.54, 1.807) is 41.8 Å². The third kappa shape index (κ3) is 16.9. The van der Waals surface area contributed by atoms with Gasteiger partial charge in [0.25, 0.3) is 0 Å². The maximum absolute atomic E-state index is 11.9. The highest BCUT2D eigenvalue weighted by molar-refractivity contribution is 7.54. The van der Waals surface area contributed by atoms with Gasteiger partial charge in [0.05, 0.1) is 39.5 Å². The van der Waals surface area contributed by atoms with Crippen LogP contribution in [0.4, 0.5) is 0 Å². The average molecular weight is 478 g/mol. The van der Waals surface area contributed by atoms with Crippen LogP contribution < -0.4 is 0 Å². The molecule has 0 saturated heterocycles. The van der Waals surface area contributed by atoms with Crippen molar-refractivity contribution in [1.29, 1.82) is 0 Å². The van der Waals surface area contributed by atoms with Crippen molar-refractivity contribution in [3.8, 4) is 0 Å². The van der Waals surface area contributed by atoms with Gasteiger partial charge < -0.3 is 28.3 Å². The zero-order valence-corrected chi connectivity index (χ0v) is 20.4. The highest BCUT2D eigenvalue weighted by Crippen LogP contribution is 2.48. The van der Waals surface area contributed by atoms with Gasteiger partial charge in [-0.25, -0.2) is 0 Å². The second-order valence-electron chi connectivity index (χ2n) is 5.99. The van der Waals surface area contributed by atoms with Crippen LogP contribution in [0.2, 0.25) is 0 Å². The summed E-state index contributed by atoms with van der Waals surface area (Å²) in [6.07, 6.45) is -0.0258. The predicted molar refractivity (Wildman–Crippen MR) is 112 cm³/mol. The molecule has 0 aliphatic carbocycles. The van der Waals surface area contributed by atoms with E-state index in [0.717, 1.165) is 0 Å². The molecule has 180 valence electrons. The Hall–Kier alpha value is -0.840. The second kappa shape index (κ2) is 16.8. The van der Waals surface area contributed by atoms with E-state index in [0.29, 0.717) is 0 Å². The summed E-state index contributed by atoms with van der Waals surface area (Å²) in [6.45, 7) is 7.57. The lowest BCUT2D eigenvalue weighted by atomic mass is 10.6. The molecule has 0 spiro atoms. The van der Waals surface area contributed by atoms with Crippen LogP contribution in [-0.4, -0.2) is 98.1 Å². The van der Waals surface area contributed by atoms with Gasteiger partial charge >= 0.3 is 27.1 Å². The molecule has 0 saturated carbocycles. The van der Waals surface area contributed by atoms with Crippen molar-refractivity contribution in [1.82, 2.24) is 9.80 Å². The minimum absolute atomic E-state index is 0.0129. The maximum atomic E-state index is 11.9. The molecule has 0 unspecified atom stereocenters. The monoisotopic (exact) mass is 478 g/mol. The van der Waals surface area contributed by atoms with Gasteiger partial charge in [-0.1, -0.05) is 0 Å². The molecule has 0 atom stereocenters. The zero-order chi connectivity index (χ0) is 23.8. The van der Waals surface area contributed by atoms with Crippen LogP contribution in [0.5, 0.6) is 0 Å². The van der Waals surface area contributed by atoms with Crippen LogP contribution in [0.1, 0.15) is 27.7 Å². The first kappa shape index (κ1) is 31.3. The van der Waals surface area contributed by atoms with E-state index in [1.165, 1.54) is 9.80 Å². The molecule has 0 aromatic heterocycles. The lowest BCUT2D eigenvalue weighted by Crippen LogP contribution is -2.27. The van der Waals surface area contributed by atoms with E-state index >= 15 is 0 Å². The minimum Gasteiger partial charge on any atom is -0.480 e. The Balaban J connectivity index is 0. The molecule has 0 fully saturated rings. The Morgan fingerprint density at radius 1 is 0.667 bits per heavy atom. The molecule has 0 heterocycles. The summed E-state index contributed by atoms with van der Waals surface area (Å²) in [5, 5.41) is 17.1. The Bertz CT molecular complexity index is 520. The number of hydrogen-bond acceptors (Lipinski definition) is 10. The van der Waals surface area contributed by atoms with Gasteiger partial charge in [0.15, 0.2) is 0 Å². The quantitative estimate of drug-likeness (QED) is 0.313. The van der Waals surface area contributed by atoms with Crippen molar-refractivity contribution in [2.24, 2.45) is 0 Å². The van der Waals surface area contributed by atoms with E-state index in [1.807, 2.05) is 0 Å². The van der Waals surface area contributed by atoms with Crippen LogP contribution in [0, 0.1) is 0 Å². The molecular formula is C16H36N2O10P2. The van der Waals surface area contributed by atoms with Gasteiger partial charge in [-0.2, -0.15) is 0 Å². The summed E-state index contributed by atoms with van der Waals surface area (Å²) in [5.74, 6) is -1.95. The number of carbonyl (C=O) groups is 2. The first-order valence-corrected chi connectivity index (χ1v) is 12.9. The number of likely N-dealkylation sites (N-methyl/N-ethyl adjacent to an activating group) is 2. The normalized spacial score (nSPS) is 12.0. The number of carboxylic acid groups (broad SMARTS) is 2. The minimum atomic E-state index is -3.17. The number of nitrogens with zero attached hydrogens (tertiary/aromatic N) is 2. The van der Waals surface area contributed by atoms with Crippen molar-refractivity contribution < 1.29 is 47.0 Å². The van der Waals surface area contributed by atoms with Gasteiger partial charge in [-0.15, -0.1) is 0 Å². The fraction of sp³-hybridized carbons (Fsp3) is 0.875. The lowest BCUT2D eigenvalue weighted by molar-refractivity contribution is -0.138. The molecule has 0 aromatic rings. The summed E-state index contributed by atoms with van der Waals surface area (Å²) >= 11 is 0. The molecular weight excluding hydrogens is 442 g/mol. The molecule has 0 amide bonds. The molecule has 0 radical (unpaired) electrons. The molecule has 0 aromatic carbocycles. The predicted octanol–water partition coefficient (Wildman–Crippen LogP) is 2.45. The van der Waals surface area contributed by atoms with Gasteiger partial charge in [-0.05, 0) is 41.8 Å². The van der Waals surface area contributed by atoms with Gasteiger partial charge in [0.1, 0.15) is 12.6 Å². The molecule has 14 heteroatoms. The molecule has 30 heavy (non-hydrogen) atoms. The zero-order valence-electron chi connectivity index (χ0n) is 18.6. The van der Waals surface area contributed by atoms with Crippen molar-refractivity contribution in [3.05, 3.63) is 0 Å². The first-order chi connectivity index (χ1) is 13.9. The van der Waals surface area contributed by atoms with E-state index in [-0.39, 0.29) is 52.1 Å². The molecule has 0 aliphatic heterocycles. The molecule has 12 nitrogen and oxygen atoms in total. The summed E-state index contributed by atoms with van der Waals surface area (Å²) in [7, 11) is -3.23. The van der Waals surface area contributed by atoms with E-state index in [2.05, 4.69) is 0 Å². The Morgan fingerprint density at radius 3 is 1.07 bits per heavy atom. The van der Waals surface area contributed by atoms with Gasteiger partial charge in [0, 0.05) is 0 Å². The van der Waals surface area contributed by atoms with Gasteiger partial charge in [0.2, 0.25) is 0 Å². The SMILES string of the molecule is CCOP(=O)(CN(C)CC(=O)O)OCC.CCOP(=O)(CN(C)CC(=O)O)OCC. The summed E-state index contributed by atoms with van der Waals surface area (Å²) in [6, 6.07) is 0. The van der Waals surface area contributed by atoms with E-state index < -0.39 is 27.1 Å². The fourth-order valence-corrected chi connectivity index (χ4v) is 5.61. The standard InChI is InChI=1S/2C8H18NO5P/c2*1-4-13-15(12,14-5-2)7-9(3)6-8(10)11/h2*4-7H2,1-3H3,(H,10,11). The van der Waals surface area contributed by atoms with Crippen molar-refractivity contribution in [2.45, 2.75) is 27.7 Å². The highest BCUT2D eigenvalue weighted by atomic mass is 31.2. The molecule has 0 bridgehead atoms. The molecule has 0 aliphatic rings. The largest absolute Gasteiger partial charge is 0.480 e. The van der Waals surface area contributed by atoms with Crippen molar-refractivity contribution in [3.63, 3.8) is 0 Å². The third-order valence-electron chi connectivity index (χ3n) is 2.94. The highest BCUT2D eigenvalue weighted by Gasteiger charge is 2.27. The number of hydrogen-bond donors (Lipinski definition) is 2. The Labute approximate surface area is 178 Å².